The van der Waals surface area contributed by atoms with Gasteiger partial charge in [0.25, 0.3) is 0 Å². The van der Waals surface area contributed by atoms with Gasteiger partial charge in [0, 0.05) is 0 Å². The first kappa shape index (κ1) is 14.1. The van der Waals surface area contributed by atoms with Crippen LogP contribution in [0.2, 0.25) is 0 Å². The fourth-order valence-corrected chi connectivity index (χ4v) is 2.32. The summed E-state index contributed by atoms with van der Waals surface area (Å²) in [5.74, 6) is -0.985. The third-order valence-corrected chi connectivity index (χ3v) is 3.53. The quantitative estimate of drug-likeness (QED) is 0.669. The van der Waals surface area contributed by atoms with Gasteiger partial charge in [-0.1, -0.05) is 30.3 Å². The molecule has 0 aliphatic rings. The zero-order chi connectivity index (χ0) is 15.7. The lowest BCUT2D eigenvalue weighted by atomic mass is 10.0. The van der Waals surface area contributed by atoms with Gasteiger partial charge in [0.1, 0.15) is 0 Å². The molecule has 0 radical (unpaired) electrons. The lowest BCUT2D eigenvalue weighted by Gasteiger charge is -2.08. The van der Waals surface area contributed by atoms with Crippen LogP contribution in [0.1, 0.15) is 5.56 Å². The normalized spacial score (nSPS) is 12.4. The summed E-state index contributed by atoms with van der Waals surface area (Å²) >= 11 is 0. The number of nitrogens with one attached hydrogen (secondary N) is 1. The Hall–Kier alpha value is -2.86. The SMILES string of the molecule is NC(=O)[C@@H](N)Cc1ccc(-c2ccc3oc(=O)[nH]c3c2)cc1. The molecule has 112 valence electrons. The number of aromatic nitrogens is 1. The minimum Gasteiger partial charge on any atom is -0.408 e. The first-order valence-electron chi connectivity index (χ1n) is 6.80. The van der Waals surface area contributed by atoms with Gasteiger partial charge in [-0.25, -0.2) is 4.79 Å². The molecule has 6 heteroatoms. The maximum atomic E-state index is 11.2. The number of aromatic amines is 1. The average molecular weight is 297 g/mol. The molecule has 0 saturated carbocycles. The Kier molecular flexibility index (Phi) is 3.52. The molecular formula is C16H15N3O3. The van der Waals surface area contributed by atoms with Crippen LogP contribution in [0.25, 0.3) is 22.2 Å². The van der Waals surface area contributed by atoms with Crippen LogP contribution in [-0.4, -0.2) is 16.9 Å². The molecule has 1 aromatic heterocycles. The van der Waals surface area contributed by atoms with Crippen LogP contribution in [-0.2, 0) is 11.2 Å². The summed E-state index contributed by atoms with van der Waals surface area (Å²) in [5, 5.41) is 0. The van der Waals surface area contributed by atoms with Crippen molar-refractivity contribution in [2.75, 3.05) is 0 Å². The van der Waals surface area contributed by atoms with E-state index in [0.29, 0.717) is 17.5 Å². The van der Waals surface area contributed by atoms with E-state index in [1.54, 1.807) is 6.07 Å². The standard InChI is InChI=1S/C16H15N3O3/c17-12(15(18)20)7-9-1-3-10(4-2-9)11-5-6-14-13(8-11)19-16(21)22-14/h1-6,8,12H,7,17H2,(H2,18,20)(H,19,21)/t12-/m0/s1. The second kappa shape index (κ2) is 5.50. The summed E-state index contributed by atoms with van der Waals surface area (Å²) in [6, 6.07) is 12.5. The number of rotatable bonds is 4. The first-order valence-corrected chi connectivity index (χ1v) is 6.80. The van der Waals surface area contributed by atoms with E-state index >= 15 is 0 Å². The fourth-order valence-electron chi connectivity index (χ4n) is 2.32. The third kappa shape index (κ3) is 2.77. The van der Waals surface area contributed by atoms with Crippen LogP contribution in [0.3, 0.4) is 0 Å². The Bertz CT molecular complexity index is 878. The number of amides is 1. The highest BCUT2D eigenvalue weighted by atomic mass is 16.4. The number of nitrogens with two attached hydrogens (primary N) is 2. The highest BCUT2D eigenvalue weighted by Crippen LogP contribution is 2.23. The zero-order valence-corrected chi connectivity index (χ0v) is 11.7. The lowest BCUT2D eigenvalue weighted by molar-refractivity contribution is -0.119. The summed E-state index contributed by atoms with van der Waals surface area (Å²) < 4.78 is 4.98. The van der Waals surface area contributed by atoms with E-state index in [1.807, 2.05) is 36.4 Å². The van der Waals surface area contributed by atoms with Crippen LogP contribution >= 0.6 is 0 Å². The van der Waals surface area contributed by atoms with Gasteiger partial charge in [0.05, 0.1) is 11.6 Å². The Morgan fingerprint density at radius 2 is 1.82 bits per heavy atom. The van der Waals surface area contributed by atoms with Gasteiger partial charge in [-0.3, -0.25) is 9.78 Å². The second-order valence-electron chi connectivity index (χ2n) is 5.14. The van der Waals surface area contributed by atoms with Crippen LogP contribution in [0.4, 0.5) is 0 Å². The van der Waals surface area contributed by atoms with Crippen LogP contribution < -0.4 is 17.2 Å². The molecule has 3 aromatic rings. The van der Waals surface area contributed by atoms with Crippen LogP contribution in [0, 0.1) is 0 Å². The van der Waals surface area contributed by atoms with Crippen molar-refractivity contribution in [1.82, 2.24) is 4.98 Å². The summed E-state index contributed by atoms with van der Waals surface area (Å²) in [6.07, 6.45) is 0.406. The molecule has 6 nitrogen and oxygen atoms in total. The number of primary amides is 1. The van der Waals surface area contributed by atoms with Gasteiger partial charge in [-0.2, -0.15) is 0 Å². The predicted octanol–water partition coefficient (Wildman–Crippen LogP) is 1.14. The molecule has 1 amide bonds. The van der Waals surface area contributed by atoms with Crippen LogP contribution in [0.5, 0.6) is 0 Å². The summed E-state index contributed by atoms with van der Waals surface area (Å²) in [5.41, 5.74) is 14.9. The molecule has 22 heavy (non-hydrogen) atoms. The molecule has 0 aliphatic heterocycles. The Balaban J connectivity index is 1.87. The van der Waals surface area contributed by atoms with E-state index in [2.05, 4.69) is 4.98 Å². The minimum absolute atomic E-state index is 0.406. The summed E-state index contributed by atoms with van der Waals surface area (Å²) in [6.45, 7) is 0. The number of carbonyl (C=O) groups is 1. The minimum atomic E-state index is -0.682. The molecule has 0 fully saturated rings. The number of carbonyl (C=O) groups excluding carboxylic acids is 1. The third-order valence-electron chi connectivity index (χ3n) is 3.53. The average Bonchev–Trinajstić information content (AvgIpc) is 2.87. The van der Waals surface area contributed by atoms with Gasteiger partial charge in [0.2, 0.25) is 5.91 Å². The van der Waals surface area contributed by atoms with E-state index in [-0.39, 0.29) is 0 Å². The maximum absolute atomic E-state index is 11.2. The molecule has 0 spiro atoms. The van der Waals surface area contributed by atoms with E-state index in [1.165, 1.54) is 0 Å². The largest absolute Gasteiger partial charge is 0.417 e. The molecule has 0 unspecified atom stereocenters. The lowest BCUT2D eigenvalue weighted by Crippen LogP contribution is -2.38. The van der Waals surface area contributed by atoms with Gasteiger partial charge in [-0.15, -0.1) is 0 Å². The fraction of sp³-hybridized carbons (Fsp3) is 0.125. The van der Waals surface area contributed by atoms with Gasteiger partial charge in [-0.05, 0) is 35.2 Å². The van der Waals surface area contributed by atoms with Crippen molar-refractivity contribution in [2.24, 2.45) is 11.5 Å². The smallest absolute Gasteiger partial charge is 0.408 e. The topological polar surface area (TPSA) is 115 Å². The highest BCUT2D eigenvalue weighted by Gasteiger charge is 2.10. The van der Waals surface area contributed by atoms with E-state index in [0.717, 1.165) is 16.7 Å². The van der Waals surface area contributed by atoms with Crippen molar-refractivity contribution < 1.29 is 9.21 Å². The molecule has 1 heterocycles. The van der Waals surface area contributed by atoms with Gasteiger partial charge in [0.15, 0.2) is 5.58 Å². The summed E-state index contributed by atoms with van der Waals surface area (Å²) in [7, 11) is 0. The number of oxazole rings is 1. The summed E-state index contributed by atoms with van der Waals surface area (Å²) in [4.78, 5) is 24.8. The molecule has 2 aromatic carbocycles. The predicted molar refractivity (Wildman–Crippen MR) is 83.1 cm³/mol. The van der Waals surface area contributed by atoms with Crippen molar-refractivity contribution in [2.45, 2.75) is 12.5 Å². The number of H-pyrrole nitrogens is 1. The van der Waals surface area contributed by atoms with Crippen LogP contribution in [0.15, 0.2) is 51.7 Å². The molecule has 0 aliphatic carbocycles. The van der Waals surface area contributed by atoms with Crippen molar-refractivity contribution in [3.8, 4) is 11.1 Å². The van der Waals surface area contributed by atoms with Gasteiger partial charge < -0.3 is 15.9 Å². The van der Waals surface area contributed by atoms with E-state index < -0.39 is 17.7 Å². The zero-order valence-electron chi connectivity index (χ0n) is 11.7. The van der Waals surface area contributed by atoms with Crippen molar-refractivity contribution in [1.29, 1.82) is 0 Å². The Labute approximate surface area is 125 Å². The number of hydrogen-bond acceptors (Lipinski definition) is 4. The van der Waals surface area contributed by atoms with Crippen molar-refractivity contribution in [3.05, 3.63) is 58.6 Å². The number of benzene rings is 2. The molecule has 5 N–H and O–H groups in total. The molecular weight excluding hydrogens is 282 g/mol. The monoisotopic (exact) mass is 297 g/mol. The first-order chi connectivity index (χ1) is 10.5. The molecule has 1 atom stereocenters. The number of hydrogen-bond donors (Lipinski definition) is 3. The molecule has 3 rings (SSSR count). The number of fused-ring (bicyclic) bond motifs is 1. The van der Waals surface area contributed by atoms with Crippen molar-refractivity contribution in [3.63, 3.8) is 0 Å². The molecule has 0 saturated heterocycles. The Morgan fingerprint density at radius 1 is 1.14 bits per heavy atom. The Morgan fingerprint density at radius 3 is 2.50 bits per heavy atom. The molecule has 0 bridgehead atoms. The van der Waals surface area contributed by atoms with E-state index in [9.17, 15) is 9.59 Å². The van der Waals surface area contributed by atoms with Gasteiger partial charge >= 0.3 is 5.76 Å². The highest BCUT2D eigenvalue weighted by molar-refractivity contribution is 5.81. The second-order valence-corrected chi connectivity index (χ2v) is 5.14. The maximum Gasteiger partial charge on any atom is 0.417 e. The van der Waals surface area contributed by atoms with E-state index in [4.69, 9.17) is 15.9 Å². The van der Waals surface area contributed by atoms with Crippen molar-refractivity contribution >= 4 is 17.0 Å².